The summed E-state index contributed by atoms with van der Waals surface area (Å²) in [5.41, 5.74) is 1.70. The number of hydrogen-bond acceptors (Lipinski definition) is 3. The summed E-state index contributed by atoms with van der Waals surface area (Å²) in [4.78, 5) is 24.7. The number of aryl methyl sites for hydroxylation is 1. The summed E-state index contributed by atoms with van der Waals surface area (Å²) in [6.45, 7) is 6.47. The number of furan rings is 1. The van der Waals surface area contributed by atoms with Crippen LogP contribution in [-0.2, 0) is 4.79 Å². The molecule has 0 saturated heterocycles. The maximum absolute atomic E-state index is 12.4. The lowest BCUT2D eigenvalue weighted by Gasteiger charge is -2.12. The van der Waals surface area contributed by atoms with E-state index in [1.807, 2.05) is 32.9 Å². The minimum atomic E-state index is -0.347. The molecule has 24 heavy (non-hydrogen) atoms. The number of carbonyl (C=O) groups excluding carboxylic acids is 2. The fraction of sp³-hybridized carbons (Fsp3) is 0.263. The quantitative estimate of drug-likeness (QED) is 0.801. The second kappa shape index (κ2) is 8.15. The number of nitrogens with one attached hydrogen (secondary N) is 2. The lowest BCUT2D eigenvalue weighted by molar-refractivity contribution is -0.117. The van der Waals surface area contributed by atoms with E-state index >= 15 is 0 Å². The van der Waals surface area contributed by atoms with Gasteiger partial charge in [0.1, 0.15) is 11.5 Å². The highest BCUT2D eigenvalue weighted by Crippen LogP contribution is 2.09. The molecule has 5 heteroatoms. The van der Waals surface area contributed by atoms with E-state index in [1.54, 1.807) is 24.3 Å². The number of rotatable bonds is 6. The van der Waals surface area contributed by atoms with Gasteiger partial charge < -0.3 is 15.1 Å². The van der Waals surface area contributed by atoms with E-state index < -0.39 is 0 Å². The van der Waals surface area contributed by atoms with Gasteiger partial charge in [0.25, 0.3) is 11.8 Å². The molecule has 0 fully saturated rings. The summed E-state index contributed by atoms with van der Waals surface area (Å²) in [6, 6.07) is 10.6. The summed E-state index contributed by atoms with van der Waals surface area (Å²) in [7, 11) is 0. The van der Waals surface area contributed by atoms with Crippen LogP contribution in [0.15, 0.2) is 52.8 Å². The SMILES string of the molecule is Cc1ccc(C(=O)N/C(=C\c2ccco2)C(=O)NCC(C)C)cc1. The zero-order chi connectivity index (χ0) is 17.5. The second-order valence-electron chi connectivity index (χ2n) is 6.00. The Morgan fingerprint density at radius 2 is 1.88 bits per heavy atom. The van der Waals surface area contributed by atoms with Crippen LogP contribution < -0.4 is 10.6 Å². The highest BCUT2D eigenvalue weighted by Gasteiger charge is 2.15. The van der Waals surface area contributed by atoms with Crippen LogP contribution in [0.1, 0.15) is 35.5 Å². The fourth-order valence-corrected chi connectivity index (χ4v) is 1.97. The largest absolute Gasteiger partial charge is 0.465 e. The van der Waals surface area contributed by atoms with Crippen LogP contribution in [0.5, 0.6) is 0 Å². The highest BCUT2D eigenvalue weighted by molar-refractivity contribution is 6.05. The van der Waals surface area contributed by atoms with Crippen LogP contribution in [0.2, 0.25) is 0 Å². The van der Waals surface area contributed by atoms with Crippen molar-refractivity contribution in [2.45, 2.75) is 20.8 Å². The van der Waals surface area contributed by atoms with Crippen molar-refractivity contribution in [2.75, 3.05) is 6.54 Å². The Kier molecular flexibility index (Phi) is 5.95. The molecule has 2 aromatic rings. The van der Waals surface area contributed by atoms with Gasteiger partial charge in [0.15, 0.2) is 0 Å². The Balaban J connectivity index is 2.17. The van der Waals surface area contributed by atoms with Gasteiger partial charge >= 0.3 is 0 Å². The van der Waals surface area contributed by atoms with Gasteiger partial charge in [0.2, 0.25) is 0 Å². The fourth-order valence-electron chi connectivity index (χ4n) is 1.97. The van der Waals surface area contributed by atoms with Crippen molar-refractivity contribution >= 4 is 17.9 Å². The minimum Gasteiger partial charge on any atom is -0.465 e. The third-order valence-corrected chi connectivity index (χ3v) is 3.31. The molecule has 0 atom stereocenters. The first-order valence-electron chi connectivity index (χ1n) is 7.87. The van der Waals surface area contributed by atoms with Crippen molar-refractivity contribution in [3.05, 3.63) is 65.2 Å². The molecule has 1 aromatic carbocycles. The predicted molar refractivity (Wildman–Crippen MR) is 93.2 cm³/mol. The first-order valence-corrected chi connectivity index (χ1v) is 7.87. The topological polar surface area (TPSA) is 71.3 Å². The monoisotopic (exact) mass is 326 g/mol. The Hall–Kier alpha value is -2.82. The molecule has 0 radical (unpaired) electrons. The second-order valence-corrected chi connectivity index (χ2v) is 6.00. The van der Waals surface area contributed by atoms with Crippen LogP contribution in [0, 0.1) is 12.8 Å². The lowest BCUT2D eigenvalue weighted by Crippen LogP contribution is -2.36. The smallest absolute Gasteiger partial charge is 0.267 e. The molecule has 2 N–H and O–H groups in total. The molecular formula is C19H22N2O3. The maximum Gasteiger partial charge on any atom is 0.267 e. The molecule has 0 spiro atoms. The van der Waals surface area contributed by atoms with E-state index in [2.05, 4.69) is 10.6 Å². The normalized spacial score (nSPS) is 11.4. The summed E-state index contributed by atoms with van der Waals surface area (Å²) >= 11 is 0. The molecule has 0 aliphatic rings. The zero-order valence-electron chi connectivity index (χ0n) is 14.1. The predicted octanol–water partition coefficient (Wildman–Crippen LogP) is 3.13. The van der Waals surface area contributed by atoms with Crippen LogP contribution in [0.25, 0.3) is 6.08 Å². The maximum atomic E-state index is 12.4. The Labute approximate surface area is 141 Å². The number of amides is 2. The molecule has 2 amide bonds. The third kappa shape index (κ3) is 5.12. The van der Waals surface area contributed by atoms with E-state index in [0.29, 0.717) is 23.8 Å². The molecule has 1 heterocycles. The minimum absolute atomic E-state index is 0.149. The van der Waals surface area contributed by atoms with Crippen molar-refractivity contribution in [3.8, 4) is 0 Å². The van der Waals surface area contributed by atoms with Crippen LogP contribution in [0.4, 0.5) is 0 Å². The molecule has 5 nitrogen and oxygen atoms in total. The van der Waals surface area contributed by atoms with Gasteiger partial charge in [-0.15, -0.1) is 0 Å². The molecule has 1 aromatic heterocycles. The summed E-state index contributed by atoms with van der Waals surface area (Å²) in [5.74, 6) is 0.119. The average molecular weight is 326 g/mol. The molecule has 0 bridgehead atoms. The van der Waals surface area contributed by atoms with E-state index in [-0.39, 0.29) is 17.5 Å². The molecular weight excluding hydrogens is 304 g/mol. The average Bonchev–Trinajstić information content (AvgIpc) is 3.05. The summed E-state index contributed by atoms with van der Waals surface area (Å²) < 4.78 is 5.24. The number of carbonyl (C=O) groups is 2. The number of hydrogen-bond donors (Lipinski definition) is 2. The van der Waals surface area contributed by atoms with Crippen molar-refractivity contribution in [3.63, 3.8) is 0 Å². The molecule has 0 aliphatic carbocycles. The van der Waals surface area contributed by atoms with Crippen molar-refractivity contribution in [1.82, 2.24) is 10.6 Å². The summed E-state index contributed by atoms with van der Waals surface area (Å²) in [6.07, 6.45) is 3.03. The Bertz CT molecular complexity index is 714. The third-order valence-electron chi connectivity index (χ3n) is 3.31. The van der Waals surface area contributed by atoms with Crippen LogP contribution in [-0.4, -0.2) is 18.4 Å². The van der Waals surface area contributed by atoms with Crippen LogP contribution >= 0.6 is 0 Å². The first kappa shape index (κ1) is 17.5. The van der Waals surface area contributed by atoms with E-state index in [9.17, 15) is 9.59 Å². The van der Waals surface area contributed by atoms with Gasteiger partial charge in [-0.05, 0) is 37.1 Å². The number of benzene rings is 1. The van der Waals surface area contributed by atoms with Gasteiger partial charge in [0, 0.05) is 18.2 Å². The Morgan fingerprint density at radius 1 is 1.17 bits per heavy atom. The lowest BCUT2D eigenvalue weighted by atomic mass is 10.1. The highest BCUT2D eigenvalue weighted by atomic mass is 16.3. The summed E-state index contributed by atoms with van der Waals surface area (Å²) in [5, 5.41) is 5.46. The molecule has 0 unspecified atom stereocenters. The molecule has 0 saturated carbocycles. The van der Waals surface area contributed by atoms with Crippen molar-refractivity contribution in [1.29, 1.82) is 0 Å². The van der Waals surface area contributed by atoms with Crippen molar-refractivity contribution < 1.29 is 14.0 Å². The van der Waals surface area contributed by atoms with Gasteiger partial charge in [-0.25, -0.2) is 0 Å². The van der Waals surface area contributed by atoms with Crippen molar-refractivity contribution in [2.24, 2.45) is 5.92 Å². The first-order chi connectivity index (χ1) is 11.5. The standard InChI is InChI=1S/C19H22N2O3/c1-13(2)12-20-19(23)17(11-16-5-4-10-24-16)21-18(22)15-8-6-14(3)7-9-15/h4-11,13H,12H2,1-3H3,(H,20,23)(H,21,22)/b17-11-. The van der Waals surface area contributed by atoms with Gasteiger partial charge in [0.05, 0.1) is 6.26 Å². The zero-order valence-corrected chi connectivity index (χ0v) is 14.1. The molecule has 2 rings (SSSR count). The van der Waals surface area contributed by atoms with E-state index in [1.165, 1.54) is 12.3 Å². The van der Waals surface area contributed by atoms with Gasteiger partial charge in [-0.3, -0.25) is 9.59 Å². The van der Waals surface area contributed by atoms with E-state index in [0.717, 1.165) is 5.56 Å². The Morgan fingerprint density at radius 3 is 2.46 bits per heavy atom. The molecule has 0 aliphatic heterocycles. The van der Waals surface area contributed by atoms with Gasteiger partial charge in [-0.2, -0.15) is 0 Å². The molecule has 126 valence electrons. The van der Waals surface area contributed by atoms with Crippen LogP contribution in [0.3, 0.4) is 0 Å². The van der Waals surface area contributed by atoms with Gasteiger partial charge in [-0.1, -0.05) is 31.5 Å². The van der Waals surface area contributed by atoms with E-state index in [4.69, 9.17) is 4.42 Å².